The van der Waals surface area contributed by atoms with Gasteiger partial charge in [0.2, 0.25) is 0 Å². The summed E-state index contributed by atoms with van der Waals surface area (Å²) in [6.07, 6.45) is 3.27. The number of rotatable bonds is 9. The van der Waals surface area contributed by atoms with Crippen LogP contribution in [0, 0.1) is 13.8 Å². The SMILES string of the molecule is CCc1ccc(C(=O)NC2CC3N(Cc4ccc(OCCOC)c(C)c4C)C4(C2)CI34)cc1. The molecule has 4 aliphatic rings. The number of hydrogen-bond donors (Lipinski definition) is 1. The predicted octanol–water partition coefficient (Wildman–Crippen LogP) is 4.84. The van der Waals surface area contributed by atoms with Crippen LogP contribution in [0.4, 0.5) is 0 Å². The molecule has 33 heavy (non-hydrogen) atoms. The van der Waals surface area contributed by atoms with Crippen molar-refractivity contribution >= 4 is 25.7 Å². The van der Waals surface area contributed by atoms with Gasteiger partial charge in [-0.1, -0.05) is 0 Å². The van der Waals surface area contributed by atoms with Gasteiger partial charge in [0.05, 0.1) is 0 Å². The van der Waals surface area contributed by atoms with E-state index in [9.17, 15) is 4.79 Å². The molecule has 2 bridgehead atoms. The molecule has 3 unspecified atom stereocenters. The van der Waals surface area contributed by atoms with Crippen LogP contribution in [0.5, 0.6) is 5.75 Å². The first-order valence-electron chi connectivity index (χ1n) is 12.0. The van der Waals surface area contributed by atoms with Crippen LogP contribution in [0.2, 0.25) is 0 Å². The van der Waals surface area contributed by atoms with Gasteiger partial charge in [-0.3, -0.25) is 0 Å². The molecule has 4 saturated heterocycles. The summed E-state index contributed by atoms with van der Waals surface area (Å²) in [5.74, 6) is 1.05. The Morgan fingerprint density at radius 3 is 2.64 bits per heavy atom. The standard InChI is InChI=1S/C27H35IN2O3/c1-5-20-6-8-21(9-7-20)26(31)29-23-14-25-28-17-27(28,15-23)30(25)16-22-10-11-24(19(3)18(22)2)33-13-12-32-4/h6-11,23,25H,5,12-17H2,1-4H3,(H,29,31). The Kier molecular flexibility index (Phi) is 6.44. The summed E-state index contributed by atoms with van der Waals surface area (Å²) in [5, 5.41) is 3.35. The molecule has 4 aliphatic heterocycles. The van der Waals surface area contributed by atoms with Gasteiger partial charge in [0.15, 0.2) is 0 Å². The molecule has 1 N–H and O–H groups in total. The predicted molar refractivity (Wildman–Crippen MR) is 141 cm³/mol. The number of methoxy groups -OCH3 is 1. The fourth-order valence-electron chi connectivity index (χ4n) is 5.39. The number of piperidine rings is 1. The van der Waals surface area contributed by atoms with Gasteiger partial charge >= 0.3 is 205 Å². The number of halogens is 1. The minimum atomic E-state index is -0.821. The van der Waals surface area contributed by atoms with Crippen molar-refractivity contribution in [1.29, 1.82) is 0 Å². The summed E-state index contributed by atoms with van der Waals surface area (Å²) in [6, 6.07) is 12.7. The van der Waals surface area contributed by atoms with E-state index in [0.717, 1.165) is 41.2 Å². The molecule has 0 radical (unpaired) electrons. The van der Waals surface area contributed by atoms with Crippen LogP contribution in [0.25, 0.3) is 0 Å². The van der Waals surface area contributed by atoms with Crippen molar-refractivity contribution in [2.75, 3.05) is 24.8 Å². The van der Waals surface area contributed by atoms with Crippen LogP contribution >= 0.6 is 19.8 Å². The Bertz CT molecular complexity index is 1040. The molecule has 0 saturated carbocycles. The molecule has 6 heteroatoms. The number of ether oxygens (including phenoxy) is 2. The Morgan fingerprint density at radius 1 is 1.15 bits per heavy atom. The normalized spacial score (nSPS) is 26.4. The number of benzene rings is 2. The van der Waals surface area contributed by atoms with Crippen molar-refractivity contribution < 1.29 is 14.3 Å². The van der Waals surface area contributed by atoms with E-state index in [1.807, 2.05) is 12.1 Å². The van der Waals surface area contributed by atoms with Gasteiger partial charge < -0.3 is 0 Å². The number of carbonyl (C=O) groups is 1. The van der Waals surface area contributed by atoms with Crippen molar-refractivity contribution in [2.24, 2.45) is 0 Å². The van der Waals surface area contributed by atoms with Crippen molar-refractivity contribution in [3.05, 3.63) is 64.2 Å². The van der Waals surface area contributed by atoms with E-state index in [1.54, 1.807) is 7.11 Å². The molecule has 2 aromatic carbocycles. The van der Waals surface area contributed by atoms with E-state index >= 15 is 0 Å². The third-order valence-electron chi connectivity index (χ3n) is 7.61. The zero-order valence-corrected chi connectivity index (χ0v) is 22.3. The number of carbonyl (C=O) groups excluding carboxylic acids is 1. The van der Waals surface area contributed by atoms with E-state index in [1.165, 1.54) is 26.7 Å². The molecular weight excluding hydrogens is 527 g/mol. The summed E-state index contributed by atoms with van der Waals surface area (Å²) in [6.45, 7) is 8.73. The van der Waals surface area contributed by atoms with E-state index in [4.69, 9.17) is 9.47 Å². The number of hydrogen-bond acceptors (Lipinski definition) is 4. The fourth-order valence-corrected chi connectivity index (χ4v) is 15.0. The van der Waals surface area contributed by atoms with Crippen molar-refractivity contribution in [3.8, 4) is 5.75 Å². The van der Waals surface area contributed by atoms with Crippen LogP contribution in [0.1, 0.15) is 52.4 Å². The summed E-state index contributed by atoms with van der Waals surface area (Å²) < 4.78 is 13.6. The Morgan fingerprint density at radius 2 is 1.94 bits per heavy atom. The average molecular weight is 562 g/mol. The number of amides is 1. The molecule has 1 spiro atoms. The van der Waals surface area contributed by atoms with Gasteiger partial charge in [-0.2, -0.15) is 0 Å². The van der Waals surface area contributed by atoms with E-state index in [0.29, 0.717) is 22.8 Å². The van der Waals surface area contributed by atoms with Gasteiger partial charge in [0, 0.05) is 0 Å². The first kappa shape index (κ1) is 23.1. The van der Waals surface area contributed by atoms with E-state index in [-0.39, 0.29) is 5.91 Å². The van der Waals surface area contributed by atoms with Crippen molar-refractivity contribution in [3.63, 3.8) is 0 Å². The molecule has 2 aromatic rings. The maximum atomic E-state index is 12.8. The Balaban J connectivity index is 1.21. The molecule has 6 rings (SSSR count). The van der Waals surface area contributed by atoms with Gasteiger partial charge in [-0.05, 0) is 0 Å². The van der Waals surface area contributed by atoms with Crippen molar-refractivity contribution in [2.45, 2.75) is 60.2 Å². The fraction of sp³-hybridized carbons (Fsp3) is 0.519. The van der Waals surface area contributed by atoms with Crippen LogP contribution < -0.4 is 10.1 Å². The zero-order valence-electron chi connectivity index (χ0n) is 20.1. The number of aryl methyl sites for hydroxylation is 1. The molecule has 1 amide bonds. The van der Waals surface area contributed by atoms with Crippen LogP contribution in [0.3, 0.4) is 0 Å². The average Bonchev–Trinajstić information content (AvgIpc) is 3.50. The molecule has 4 heterocycles. The second-order valence-electron chi connectivity index (χ2n) is 9.49. The first-order chi connectivity index (χ1) is 16.0. The molecule has 5 nitrogen and oxygen atoms in total. The van der Waals surface area contributed by atoms with Crippen LogP contribution in [-0.2, 0) is 17.7 Å². The minimum absolute atomic E-state index is 0.0865. The molecular formula is C27H35IN2O3. The molecule has 178 valence electrons. The van der Waals surface area contributed by atoms with Crippen LogP contribution in [0.15, 0.2) is 36.4 Å². The van der Waals surface area contributed by atoms with E-state index < -0.39 is 19.8 Å². The third-order valence-corrected chi connectivity index (χ3v) is 15.7. The number of alkyl halides is 3. The summed E-state index contributed by atoms with van der Waals surface area (Å²) >= 11 is -0.821. The van der Waals surface area contributed by atoms with Crippen molar-refractivity contribution in [1.82, 2.24) is 10.2 Å². The quantitative estimate of drug-likeness (QED) is 0.206. The molecule has 0 aromatic heterocycles. The molecule has 4 fully saturated rings. The maximum absolute atomic E-state index is 12.8. The second kappa shape index (κ2) is 9.19. The van der Waals surface area contributed by atoms with Crippen LogP contribution in [-0.4, -0.2) is 49.2 Å². The van der Waals surface area contributed by atoms with Gasteiger partial charge in [-0.15, -0.1) is 0 Å². The van der Waals surface area contributed by atoms with Gasteiger partial charge in [0.1, 0.15) is 0 Å². The topological polar surface area (TPSA) is 50.8 Å². The number of fused-ring (bicyclic) bond motifs is 2. The zero-order chi connectivity index (χ0) is 23.2. The first-order valence-corrected chi connectivity index (χ1v) is 15.8. The Hall–Kier alpha value is -1.64. The van der Waals surface area contributed by atoms with E-state index in [2.05, 4.69) is 55.3 Å². The third kappa shape index (κ3) is 4.19. The number of nitrogens with zero attached hydrogens (tertiary/aromatic N) is 1. The van der Waals surface area contributed by atoms with Gasteiger partial charge in [-0.25, -0.2) is 0 Å². The van der Waals surface area contributed by atoms with Gasteiger partial charge in [0.25, 0.3) is 0 Å². The summed E-state index contributed by atoms with van der Waals surface area (Å²) in [4.78, 5) is 15.6. The number of nitrogens with one attached hydrogen (secondary N) is 1. The molecule has 0 aliphatic carbocycles. The summed E-state index contributed by atoms with van der Waals surface area (Å²) in [7, 11) is 1.70. The molecule has 3 atom stereocenters. The second-order valence-corrected chi connectivity index (χ2v) is 16.0. The Labute approximate surface area is 204 Å². The monoisotopic (exact) mass is 562 g/mol. The summed E-state index contributed by atoms with van der Waals surface area (Å²) in [5.41, 5.74) is 6.04.